The normalized spacial score (nSPS) is 12.0. The van der Waals surface area contributed by atoms with Gasteiger partial charge in [-0.1, -0.05) is 6.92 Å². The van der Waals surface area contributed by atoms with Crippen LogP contribution >= 0.6 is 11.3 Å². The molecule has 1 heterocycles. The first-order chi connectivity index (χ1) is 10.4. The van der Waals surface area contributed by atoms with E-state index >= 15 is 0 Å². The van der Waals surface area contributed by atoms with E-state index in [0.29, 0.717) is 11.3 Å². The zero-order valence-electron chi connectivity index (χ0n) is 12.6. The summed E-state index contributed by atoms with van der Waals surface area (Å²) in [6.45, 7) is 5.35. The van der Waals surface area contributed by atoms with Gasteiger partial charge < -0.3 is 5.32 Å². The lowest BCUT2D eigenvalue weighted by atomic mass is 10.1. The maximum Gasteiger partial charge on any atom is 0.293 e. The van der Waals surface area contributed by atoms with Crippen LogP contribution in [0.5, 0.6) is 0 Å². The number of ketones is 1. The van der Waals surface area contributed by atoms with Crippen LogP contribution in [0.15, 0.2) is 24.4 Å². The predicted octanol–water partition coefficient (Wildman–Crippen LogP) is 3.99. The van der Waals surface area contributed by atoms with Gasteiger partial charge in [0, 0.05) is 22.7 Å². The highest BCUT2D eigenvalue weighted by atomic mass is 32.1. The fraction of sp³-hybridized carbons (Fsp3) is 0.333. The molecule has 0 aliphatic heterocycles. The highest BCUT2D eigenvalue weighted by Crippen LogP contribution is 2.30. The SMILES string of the molecule is CCc1cnc(C(C)Nc2ccc(C(C)=O)cc2[N+](=O)[O-])s1. The van der Waals surface area contributed by atoms with Crippen LogP contribution in [0.2, 0.25) is 0 Å². The summed E-state index contributed by atoms with van der Waals surface area (Å²) < 4.78 is 0. The predicted molar refractivity (Wildman–Crippen MR) is 86.6 cm³/mol. The molecule has 7 heteroatoms. The maximum atomic E-state index is 11.4. The Balaban J connectivity index is 2.28. The minimum absolute atomic E-state index is 0.105. The molecular formula is C15H17N3O3S. The van der Waals surface area contributed by atoms with Crippen molar-refractivity contribution in [2.45, 2.75) is 33.2 Å². The van der Waals surface area contributed by atoms with E-state index in [1.807, 2.05) is 13.1 Å². The van der Waals surface area contributed by atoms with Crippen LogP contribution in [0.4, 0.5) is 11.4 Å². The molecule has 1 aromatic heterocycles. The summed E-state index contributed by atoms with van der Waals surface area (Å²) in [5, 5.41) is 15.2. The fourth-order valence-corrected chi connectivity index (χ4v) is 2.86. The van der Waals surface area contributed by atoms with Crippen molar-refractivity contribution in [2.24, 2.45) is 0 Å². The number of carbonyl (C=O) groups excluding carboxylic acids is 1. The zero-order valence-corrected chi connectivity index (χ0v) is 13.4. The van der Waals surface area contributed by atoms with Gasteiger partial charge in [0.15, 0.2) is 5.78 Å². The number of benzene rings is 1. The number of nitrogens with zero attached hydrogens (tertiary/aromatic N) is 2. The average molecular weight is 319 g/mol. The molecule has 2 aromatic rings. The number of hydrogen-bond donors (Lipinski definition) is 1. The van der Waals surface area contributed by atoms with Crippen LogP contribution in [0, 0.1) is 10.1 Å². The topological polar surface area (TPSA) is 85.1 Å². The van der Waals surface area contributed by atoms with Crippen molar-refractivity contribution in [3.05, 3.63) is 50.0 Å². The number of thiazole rings is 1. The van der Waals surface area contributed by atoms with E-state index in [1.165, 1.54) is 17.9 Å². The van der Waals surface area contributed by atoms with E-state index < -0.39 is 4.92 Å². The largest absolute Gasteiger partial charge is 0.371 e. The van der Waals surface area contributed by atoms with Crippen LogP contribution in [0.25, 0.3) is 0 Å². The van der Waals surface area contributed by atoms with E-state index in [1.54, 1.807) is 23.5 Å². The first-order valence-electron chi connectivity index (χ1n) is 6.93. The Morgan fingerprint density at radius 1 is 1.50 bits per heavy atom. The van der Waals surface area contributed by atoms with Crippen molar-refractivity contribution in [2.75, 3.05) is 5.32 Å². The monoisotopic (exact) mass is 319 g/mol. The first-order valence-corrected chi connectivity index (χ1v) is 7.74. The van der Waals surface area contributed by atoms with E-state index in [4.69, 9.17) is 0 Å². The Kier molecular flexibility index (Phi) is 4.87. The van der Waals surface area contributed by atoms with Gasteiger partial charge in [-0.25, -0.2) is 4.98 Å². The first kappa shape index (κ1) is 16.1. The average Bonchev–Trinajstić information content (AvgIpc) is 2.96. The van der Waals surface area contributed by atoms with Crippen molar-refractivity contribution in [1.29, 1.82) is 0 Å². The number of Topliss-reactive ketones (excluding diaryl/α,β-unsaturated/α-hetero) is 1. The fourth-order valence-electron chi connectivity index (χ4n) is 2.01. The second kappa shape index (κ2) is 6.65. The quantitative estimate of drug-likeness (QED) is 0.494. The summed E-state index contributed by atoms with van der Waals surface area (Å²) in [4.78, 5) is 27.6. The second-order valence-electron chi connectivity index (χ2n) is 4.93. The summed E-state index contributed by atoms with van der Waals surface area (Å²) in [7, 11) is 0. The molecule has 0 saturated heterocycles. The van der Waals surface area contributed by atoms with E-state index in [2.05, 4.69) is 17.2 Å². The lowest BCUT2D eigenvalue weighted by Gasteiger charge is -2.13. The van der Waals surface area contributed by atoms with Crippen molar-refractivity contribution < 1.29 is 9.72 Å². The van der Waals surface area contributed by atoms with Gasteiger partial charge in [-0.05, 0) is 32.4 Å². The summed E-state index contributed by atoms with van der Waals surface area (Å²) in [6, 6.07) is 4.31. The van der Waals surface area contributed by atoms with Gasteiger partial charge in [-0.2, -0.15) is 0 Å². The number of hydrogen-bond acceptors (Lipinski definition) is 6. The molecule has 0 aliphatic carbocycles. The zero-order chi connectivity index (χ0) is 16.3. The molecular weight excluding hydrogens is 302 g/mol. The molecule has 0 amide bonds. The molecule has 0 radical (unpaired) electrons. The molecule has 22 heavy (non-hydrogen) atoms. The standard InChI is InChI=1S/C15H17N3O3S/c1-4-12-8-16-15(22-12)9(2)17-13-6-5-11(10(3)19)7-14(13)18(20)21/h5-9,17H,4H2,1-3H3. The molecule has 0 spiro atoms. The Morgan fingerprint density at radius 3 is 2.77 bits per heavy atom. The third kappa shape index (κ3) is 3.48. The number of aryl methyl sites for hydroxylation is 1. The molecule has 6 nitrogen and oxygen atoms in total. The van der Waals surface area contributed by atoms with Gasteiger partial charge in [0.2, 0.25) is 0 Å². The minimum Gasteiger partial charge on any atom is -0.371 e. The molecule has 1 N–H and O–H groups in total. The third-order valence-corrected chi connectivity index (χ3v) is 4.59. The van der Waals surface area contributed by atoms with Gasteiger partial charge in [0.1, 0.15) is 10.7 Å². The van der Waals surface area contributed by atoms with Crippen LogP contribution in [-0.2, 0) is 6.42 Å². The Morgan fingerprint density at radius 2 is 2.23 bits per heavy atom. The summed E-state index contributed by atoms with van der Waals surface area (Å²) >= 11 is 1.58. The van der Waals surface area contributed by atoms with Crippen molar-refractivity contribution in [1.82, 2.24) is 4.98 Å². The number of carbonyl (C=O) groups is 1. The Labute approximate surface area is 132 Å². The van der Waals surface area contributed by atoms with E-state index in [9.17, 15) is 14.9 Å². The molecule has 116 valence electrons. The molecule has 0 bridgehead atoms. The second-order valence-corrected chi connectivity index (χ2v) is 6.08. The molecule has 0 saturated carbocycles. The van der Waals surface area contributed by atoms with Crippen molar-refractivity contribution >= 4 is 28.5 Å². The lowest BCUT2D eigenvalue weighted by Crippen LogP contribution is -2.08. The van der Waals surface area contributed by atoms with E-state index in [0.717, 1.165) is 11.4 Å². The minimum atomic E-state index is -0.485. The van der Waals surface area contributed by atoms with Gasteiger partial charge in [-0.15, -0.1) is 11.3 Å². The van der Waals surface area contributed by atoms with Gasteiger partial charge in [0.25, 0.3) is 5.69 Å². The molecule has 1 unspecified atom stereocenters. The Hall–Kier alpha value is -2.28. The van der Waals surface area contributed by atoms with Gasteiger partial charge in [-0.3, -0.25) is 14.9 Å². The summed E-state index contributed by atoms with van der Waals surface area (Å²) in [6.07, 6.45) is 2.74. The molecule has 0 aliphatic rings. The van der Waals surface area contributed by atoms with Crippen LogP contribution in [0.3, 0.4) is 0 Å². The third-order valence-electron chi connectivity index (χ3n) is 3.26. The Bertz CT molecular complexity index is 712. The number of nitro benzene ring substituents is 1. The van der Waals surface area contributed by atoms with Crippen molar-refractivity contribution in [3.8, 4) is 0 Å². The lowest BCUT2D eigenvalue weighted by molar-refractivity contribution is -0.384. The number of anilines is 1. The van der Waals surface area contributed by atoms with E-state index in [-0.39, 0.29) is 17.5 Å². The van der Waals surface area contributed by atoms with Crippen LogP contribution < -0.4 is 5.32 Å². The molecule has 1 aromatic carbocycles. The maximum absolute atomic E-state index is 11.4. The number of nitrogens with one attached hydrogen (secondary N) is 1. The molecule has 2 rings (SSSR count). The molecule has 1 atom stereocenters. The van der Waals surface area contributed by atoms with Crippen molar-refractivity contribution in [3.63, 3.8) is 0 Å². The van der Waals surface area contributed by atoms with Crippen LogP contribution in [-0.4, -0.2) is 15.7 Å². The number of nitro groups is 1. The number of rotatable bonds is 6. The summed E-state index contributed by atoms with van der Waals surface area (Å²) in [5.41, 5.74) is 0.606. The molecule has 0 fully saturated rings. The van der Waals surface area contributed by atoms with Gasteiger partial charge in [0.05, 0.1) is 11.0 Å². The highest BCUT2D eigenvalue weighted by molar-refractivity contribution is 7.11. The van der Waals surface area contributed by atoms with Gasteiger partial charge >= 0.3 is 0 Å². The number of aromatic nitrogens is 1. The summed E-state index contributed by atoms with van der Waals surface area (Å²) in [5.74, 6) is -0.199. The highest BCUT2D eigenvalue weighted by Gasteiger charge is 2.19. The smallest absolute Gasteiger partial charge is 0.293 e. The van der Waals surface area contributed by atoms with Crippen LogP contribution in [0.1, 0.15) is 47.1 Å².